The molecule has 2 aliphatic rings. The van der Waals surface area contributed by atoms with Crippen molar-refractivity contribution in [2.24, 2.45) is 0 Å². The summed E-state index contributed by atoms with van der Waals surface area (Å²) in [5.41, 5.74) is 2.95. The summed E-state index contributed by atoms with van der Waals surface area (Å²) in [5.74, 6) is 1.21. The number of halogens is 2. The normalized spacial score (nSPS) is 16.9. The van der Waals surface area contributed by atoms with Gasteiger partial charge in [-0.25, -0.2) is 9.37 Å². The molecule has 0 radical (unpaired) electrons. The fourth-order valence-corrected chi connectivity index (χ4v) is 4.87. The molecule has 152 valence electrons. The van der Waals surface area contributed by atoms with E-state index in [1.54, 1.807) is 9.80 Å². The highest BCUT2D eigenvalue weighted by atomic mass is 35.5. The number of aromatic nitrogens is 1. The fourth-order valence-electron chi connectivity index (χ4n) is 3.68. The van der Waals surface area contributed by atoms with Gasteiger partial charge in [-0.1, -0.05) is 11.6 Å². The Balaban J connectivity index is 1.46. The van der Waals surface area contributed by atoms with Crippen molar-refractivity contribution in [1.82, 2.24) is 14.8 Å². The molecule has 5 nitrogen and oxygen atoms in total. The van der Waals surface area contributed by atoms with Crippen LogP contribution >= 0.6 is 23.4 Å². The van der Waals surface area contributed by atoms with Crippen LogP contribution in [0.15, 0.2) is 30.3 Å². The monoisotopic (exact) mass is 433 g/mol. The first-order chi connectivity index (χ1) is 14.0. The first-order valence-electron chi connectivity index (χ1n) is 9.63. The van der Waals surface area contributed by atoms with E-state index in [1.807, 2.05) is 17.8 Å². The van der Waals surface area contributed by atoms with Crippen LogP contribution in [-0.2, 0) is 12.2 Å². The van der Waals surface area contributed by atoms with Gasteiger partial charge in [-0.05, 0) is 54.5 Å². The molecule has 0 N–H and O–H groups in total. The van der Waals surface area contributed by atoms with Crippen molar-refractivity contribution in [1.29, 1.82) is 0 Å². The minimum absolute atomic E-state index is 0.142. The highest BCUT2D eigenvalue weighted by Crippen LogP contribution is 2.28. The van der Waals surface area contributed by atoms with Crippen LogP contribution < -0.4 is 0 Å². The maximum atomic E-state index is 13.1. The van der Waals surface area contributed by atoms with E-state index in [0.29, 0.717) is 43.7 Å². The topological polar surface area (TPSA) is 53.5 Å². The van der Waals surface area contributed by atoms with Crippen LogP contribution in [0.2, 0.25) is 5.15 Å². The van der Waals surface area contributed by atoms with E-state index in [4.69, 9.17) is 11.6 Å². The lowest BCUT2D eigenvalue weighted by Crippen LogP contribution is -2.37. The molecule has 1 aromatic heterocycles. The number of carbonyl (C=O) groups is 2. The van der Waals surface area contributed by atoms with E-state index in [2.05, 4.69) is 4.98 Å². The Hall–Kier alpha value is -2.12. The van der Waals surface area contributed by atoms with Crippen LogP contribution in [0, 0.1) is 5.82 Å². The largest absolute Gasteiger partial charge is 0.337 e. The van der Waals surface area contributed by atoms with Crippen LogP contribution in [0.1, 0.15) is 38.4 Å². The van der Waals surface area contributed by atoms with Gasteiger partial charge in [-0.3, -0.25) is 9.59 Å². The van der Waals surface area contributed by atoms with Crippen molar-refractivity contribution in [3.8, 4) is 0 Å². The molecular weight excluding hydrogens is 413 g/mol. The summed E-state index contributed by atoms with van der Waals surface area (Å²) in [7, 11) is 0. The molecule has 0 unspecified atom stereocenters. The van der Waals surface area contributed by atoms with Crippen molar-refractivity contribution in [2.75, 3.05) is 31.9 Å². The van der Waals surface area contributed by atoms with E-state index in [0.717, 1.165) is 29.2 Å². The molecule has 1 aromatic carbocycles. The average Bonchev–Trinajstić information content (AvgIpc) is 2.99. The molecule has 0 atom stereocenters. The smallest absolute Gasteiger partial charge is 0.257 e. The average molecular weight is 434 g/mol. The van der Waals surface area contributed by atoms with Crippen molar-refractivity contribution >= 4 is 35.2 Å². The van der Waals surface area contributed by atoms with E-state index >= 15 is 0 Å². The van der Waals surface area contributed by atoms with Crippen LogP contribution in [-0.4, -0.2) is 58.5 Å². The minimum atomic E-state index is -0.372. The van der Waals surface area contributed by atoms with Crippen LogP contribution in [0.3, 0.4) is 0 Å². The zero-order chi connectivity index (χ0) is 20.4. The fraction of sp³-hybridized carbons (Fsp3) is 0.381. The van der Waals surface area contributed by atoms with Gasteiger partial charge < -0.3 is 9.80 Å². The molecule has 1 fully saturated rings. The molecular formula is C21H21ClFN3O2S. The number of hydrogen-bond donors (Lipinski definition) is 0. The summed E-state index contributed by atoms with van der Waals surface area (Å²) in [6.45, 7) is 1.95. The SMILES string of the molecule is O=C(c1ccc(F)cc1)N1CCCN(C(=O)c2cc3c(nc2Cl)CCSC3)CC1. The number of nitrogens with zero attached hydrogens (tertiary/aromatic N) is 3. The van der Waals surface area contributed by atoms with Crippen LogP contribution in [0.5, 0.6) is 0 Å². The Morgan fingerprint density at radius 1 is 1.03 bits per heavy atom. The molecule has 0 saturated carbocycles. The van der Waals surface area contributed by atoms with Gasteiger partial charge in [0, 0.05) is 43.2 Å². The zero-order valence-electron chi connectivity index (χ0n) is 15.9. The van der Waals surface area contributed by atoms with E-state index in [9.17, 15) is 14.0 Å². The second-order valence-corrected chi connectivity index (χ2v) is 8.64. The third-order valence-electron chi connectivity index (χ3n) is 5.28. The molecule has 0 spiro atoms. The van der Waals surface area contributed by atoms with Gasteiger partial charge in [-0.15, -0.1) is 0 Å². The van der Waals surface area contributed by atoms with Gasteiger partial charge in [0.2, 0.25) is 0 Å². The molecule has 2 amide bonds. The summed E-state index contributed by atoms with van der Waals surface area (Å²) in [6, 6.07) is 7.42. The molecule has 1 saturated heterocycles. The lowest BCUT2D eigenvalue weighted by atomic mass is 10.1. The molecule has 2 aromatic rings. The van der Waals surface area contributed by atoms with Crippen molar-refractivity contribution in [3.05, 3.63) is 63.7 Å². The second-order valence-electron chi connectivity index (χ2n) is 7.18. The lowest BCUT2D eigenvalue weighted by molar-refractivity contribution is 0.0718. The molecule has 29 heavy (non-hydrogen) atoms. The summed E-state index contributed by atoms with van der Waals surface area (Å²) in [6.07, 6.45) is 1.54. The molecule has 0 bridgehead atoms. The maximum Gasteiger partial charge on any atom is 0.257 e. The summed E-state index contributed by atoms with van der Waals surface area (Å²) in [4.78, 5) is 33.7. The molecule has 8 heteroatoms. The Morgan fingerprint density at radius 2 is 1.72 bits per heavy atom. The number of thioether (sulfide) groups is 1. The van der Waals surface area contributed by atoms with Gasteiger partial charge in [-0.2, -0.15) is 11.8 Å². The van der Waals surface area contributed by atoms with Gasteiger partial charge in [0.1, 0.15) is 11.0 Å². The quantitative estimate of drug-likeness (QED) is 0.678. The number of benzene rings is 1. The van der Waals surface area contributed by atoms with Crippen molar-refractivity contribution < 1.29 is 14.0 Å². The van der Waals surface area contributed by atoms with Gasteiger partial charge in [0.25, 0.3) is 11.8 Å². The predicted molar refractivity (Wildman–Crippen MR) is 112 cm³/mol. The van der Waals surface area contributed by atoms with E-state index in [-0.39, 0.29) is 22.8 Å². The number of fused-ring (bicyclic) bond motifs is 1. The third kappa shape index (κ3) is 4.41. The number of carbonyl (C=O) groups excluding carboxylic acids is 2. The van der Waals surface area contributed by atoms with Crippen LogP contribution in [0.4, 0.5) is 4.39 Å². The molecule has 3 heterocycles. The highest BCUT2D eigenvalue weighted by molar-refractivity contribution is 7.98. The minimum Gasteiger partial charge on any atom is -0.337 e. The van der Waals surface area contributed by atoms with Gasteiger partial charge in [0.15, 0.2) is 0 Å². The Labute approximate surface area is 178 Å². The summed E-state index contributed by atoms with van der Waals surface area (Å²) >= 11 is 8.16. The Kier molecular flexibility index (Phi) is 6.06. The predicted octanol–water partition coefficient (Wildman–Crippen LogP) is 3.65. The van der Waals surface area contributed by atoms with Gasteiger partial charge in [0.05, 0.1) is 5.56 Å². The van der Waals surface area contributed by atoms with Crippen molar-refractivity contribution in [2.45, 2.75) is 18.6 Å². The zero-order valence-corrected chi connectivity index (χ0v) is 17.4. The number of pyridine rings is 1. The number of hydrogen-bond acceptors (Lipinski definition) is 4. The first-order valence-corrected chi connectivity index (χ1v) is 11.2. The summed E-state index contributed by atoms with van der Waals surface area (Å²) in [5, 5.41) is 0.254. The van der Waals surface area contributed by atoms with E-state index in [1.165, 1.54) is 24.3 Å². The van der Waals surface area contributed by atoms with Gasteiger partial charge >= 0.3 is 0 Å². The van der Waals surface area contributed by atoms with Crippen molar-refractivity contribution in [3.63, 3.8) is 0 Å². The number of rotatable bonds is 2. The van der Waals surface area contributed by atoms with Crippen LogP contribution in [0.25, 0.3) is 0 Å². The van der Waals surface area contributed by atoms with E-state index < -0.39 is 0 Å². The standard InChI is InChI=1S/C21H21ClFN3O2S/c22-19-17(12-15-13-29-11-6-18(15)24-19)21(28)26-8-1-7-25(9-10-26)20(27)14-2-4-16(23)5-3-14/h2-5,12H,1,6-11,13H2. The summed E-state index contributed by atoms with van der Waals surface area (Å²) < 4.78 is 13.1. The molecule has 4 rings (SSSR count). The number of amides is 2. The molecule has 0 aliphatic carbocycles. The first kappa shape index (κ1) is 20.2. The molecule has 2 aliphatic heterocycles. The second kappa shape index (κ2) is 8.71. The maximum absolute atomic E-state index is 13.1. The Bertz CT molecular complexity index is 938. The lowest BCUT2D eigenvalue weighted by Gasteiger charge is -2.23. The number of aryl methyl sites for hydroxylation is 1. The highest BCUT2D eigenvalue weighted by Gasteiger charge is 2.26. The Morgan fingerprint density at radius 3 is 2.45 bits per heavy atom. The third-order valence-corrected chi connectivity index (χ3v) is 6.57.